The summed E-state index contributed by atoms with van der Waals surface area (Å²) in [5.41, 5.74) is 8.82. The van der Waals surface area contributed by atoms with Gasteiger partial charge >= 0.3 is 0 Å². The minimum Gasteiger partial charge on any atom is -0.491 e. The van der Waals surface area contributed by atoms with Crippen LogP contribution in [0.5, 0.6) is 5.75 Å². The third-order valence-electron chi connectivity index (χ3n) is 2.45. The van der Waals surface area contributed by atoms with Gasteiger partial charge in [0.25, 0.3) is 0 Å². The second kappa shape index (κ2) is 4.91. The lowest BCUT2D eigenvalue weighted by molar-refractivity contribution is 0.242. The van der Waals surface area contributed by atoms with Crippen molar-refractivity contribution >= 4 is 5.69 Å². The standard InChI is InChI=1S/C15H17NO/c1-11(2)17-15-8-6-12(7-9-15)13-4-3-5-14(16)10-13/h3-11H,16H2,1-2H3. The highest BCUT2D eigenvalue weighted by Gasteiger charge is 2.00. The molecule has 2 aromatic carbocycles. The molecule has 0 fully saturated rings. The maximum absolute atomic E-state index is 5.77. The fourth-order valence-electron chi connectivity index (χ4n) is 1.72. The molecule has 2 aromatic rings. The fourth-order valence-corrected chi connectivity index (χ4v) is 1.72. The molecule has 0 spiro atoms. The van der Waals surface area contributed by atoms with Crippen LogP contribution in [0.4, 0.5) is 5.69 Å². The highest BCUT2D eigenvalue weighted by molar-refractivity contribution is 5.67. The molecule has 2 N–H and O–H groups in total. The SMILES string of the molecule is CC(C)Oc1ccc(-c2cccc(N)c2)cc1. The predicted octanol–water partition coefficient (Wildman–Crippen LogP) is 3.72. The highest BCUT2D eigenvalue weighted by atomic mass is 16.5. The van der Waals surface area contributed by atoms with Gasteiger partial charge in [-0.2, -0.15) is 0 Å². The van der Waals surface area contributed by atoms with Gasteiger partial charge in [-0.1, -0.05) is 24.3 Å². The Balaban J connectivity index is 2.23. The van der Waals surface area contributed by atoms with Crippen molar-refractivity contribution in [1.29, 1.82) is 0 Å². The third kappa shape index (κ3) is 3.00. The van der Waals surface area contributed by atoms with Crippen molar-refractivity contribution in [2.24, 2.45) is 0 Å². The minimum absolute atomic E-state index is 0.202. The molecule has 0 bridgehead atoms. The van der Waals surface area contributed by atoms with Crippen LogP contribution >= 0.6 is 0 Å². The Morgan fingerprint density at radius 3 is 2.24 bits per heavy atom. The molecule has 0 aromatic heterocycles. The van der Waals surface area contributed by atoms with E-state index in [1.54, 1.807) is 0 Å². The van der Waals surface area contributed by atoms with Crippen molar-refractivity contribution in [1.82, 2.24) is 0 Å². The van der Waals surface area contributed by atoms with E-state index in [1.165, 1.54) is 0 Å². The fraction of sp³-hybridized carbons (Fsp3) is 0.200. The van der Waals surface area contributed by atoms with Crippen molar-refractivity contribution < 1.29 is 4.74 Å². The van der Waals surface area contributed by atoms with E-state index in [1.807, 2.05) is 56.3 Å². The lowest BCUT2D eigenvalue weighted by Gasteiger charge is -2.10. The number of ether oxygens (including phenoxy) is 1. The molecule has 0 aliphatic carbocycles. The molecular weight excluding hydrogens is 210 g/mol. The van der Waals surface area contributed by atoms with Crippen LogP contribution in [-0.2, 0) is 0 Å². The largest absolute Gasteiger partial charge is 0.491 e. The van der Waals surface area contributed by atoms with Crippen LogP contribution in [0, 0.1) is 0 Å². The Hall–Kier alpha value is -1.96. The van der Waals surface area contributed by atoms with E-state index in [-0.39, 0.29) is 6.10 Å². The van der Waals surface area contributed by atoms with Gasteiger partial charge in [-0.05, 0) is 49.2 Å². The first-order valence-corrected chi connectivity index (χ1v) is 5.78. The molecule has 0 saturated heterocycles. The highest BCUT2D eigenvalue weighted by Crippen LogP contribution is 2.24. The van der Waals surface area contributed by atoms with Gasteiger partial charge in [0.15, 0.2) is 0 Å². The summed E-state index contributed by atoms with van der Waals surface area (Å²) >= 11 is 0. The van der Waals surface area contributed by atoms with Gasteiger partial charge in [-0.25, -0.2) is 0 Å². The molecule has 0 saturated carbocycles. The van der Waals surface area contributed by atoms with Gasteiger partial charge in [-0.15, -0.1) is 0 Å². The van der Waals surface area contributed by atoms with Gasteiger partial charge in [0.2, 0.25) is 0 Å². The smallest absolute Gasteiger partial charge is 0.119 e. The van der Waals surface area contributed by atoms with Crippen LogP contribution in [0.3, 0.4) is 0 Å². The van der Waals surface area contributed by atoms with Gasteiger partial charge in [-0.3, -0.25) is 0 Å². The first-order valence-electron chi connectivity index (χ1n) is 5.78. The van der Waals surface area contributed by atoms with Crippen LogP contribution < -0.4 is 10.5 Å². The Morgan fingerprint density at radius 1 is 0.941 bits per heavy atom. The lowest BCUT2D eigenvalue weighted by atomic mass is 10.1. The number of hydrogen-bond acceptors (Lipinski definition) is 2. The summed E-state index contributed by atoms with van der Waals surface area (Å²) in [6.07, 6.45) is 0.202. The number of nitrogen functional groups attached to an aromatic ring is 1. The zero-order valence-electron chi connectivity index (χ0n) is 10.2. The van der Waals surface area contributed by atoms with E-state index in [2.05, 4.69) is 6.07 Å². The van der Waals surface area contributed by atoms with Crippen molar-refractivity contribution in [3.8, 4) is 16.9 Å². The molecule has 0 radical (unpaired) electrons. The van der Waals surface area contributed by atoms with Gasteiger partial charge in [0.05, 0.1) is 6.10 Å². The van der Waals surface area contributed by atoms with Crippen molar-refractivity contribution in [2.75, 3.05) is 5.73 Å². The van der Waals surface area contributed by atoms with E-state index in [0.717, 1.165) is 22.6 Å². The molecule has 0 aliphatic heterocycles. The van der Waals surface area contributed by atoms with E-state index in [9.17, 15) is 0 Å². The number of hydrogen-bond donors (Lipinski definition) is 1. The maximum Gasteiger partial charge on any atom is 0.119 e. The Bertz CT molecular complexity index is 489. The third-order valence-corrected chi connectivity index (χ3v) is 2.45. The van der Waals surface area contributed by atoms with E-state index >= 15 is 0 Å². The second-order valence-electron chi connectivity index (χ2n) is 4.32. The summed E-state index contributed by atoms with van der Waals surface area (Å²) in [5, 5.41) is 0. The average Bonchev–Trinajstić information content (AvgIpc) is 2.29. The zero-order valence-corrected chi connectivity index (χ0v) is 10.2. The molecule has 0 atom stereocenters. The lowest BCUT2D eigenvalue weighted by Crippen LogP contribution is -2.05. The molecule has 2 nitrogen and oxygen atoms in total. The van der Waals surface area contributed by atoms with Crippen molar-refractivity contribution in [3.05, 3.63) is 48.5 Å². The normalized spacial score (nSPS) is 10.5. The van der Waals surface area contributed by atoms with Crippen LogP contribution in [-0.4, -0.2) is 6.10 Å². The van der Waals surface area contributed by atoms with Crippen LogP contribution in [0.1, 0.15) is 13.8 Å². The molecule has 88 valence electrons. The monoisotopic (exact) mass is 227 g/mol. The van der Waals surface area contributed by atoms with Crippen molar-refractivity contribution in [2.45, 2.75) is 20.0 Å². The second-order valence-corrected chi connectivity index (χ2v) is 4.32. The summed E-state index contributed by atoms with van der Waals surface area (Å²) in [4.78, 5) is 0. The average molecular weight is 227 g/mol. The molecule has 0 amide bonds. The number of nitrogens with two attached hydrogens (primary N) is 1. The van der Waals surface area contributed by atoms with E-state index < -0.39 is 0 Å². The number of anilines is 1. The summed E-state index contributed by atoms with van der Waals surface area (Å²) in [7, 11) is 0. The summed E-state index contributed by atoms with van der Waals surface area (Å²) in [6, 6.07) is 15.9. The predicted molar refractivity (Wildman–Crippen MR) is 72.1 cm³/mol. The molecule has 0 aliphatic rings. The van der Waals surface area contributed by atoms with E-state index in [4.69, 9.17) is 10.5 Å². The van der Waals surface area contributed by atoms with Gasteiger partial charge in [0.1, 0.15) is 5.75 Å². The quantitative estimate of drug-likeness (QED) is 0.811. The first kappa shape index (κ1) is 11.5. The molecule has 2 rings (SSSR count). The topological polar surface area (TPSA) is 35.2 Å². The van der Waals surface area contributed by atoms with Gasteiger partial charge in [0, 0.05) is 5.69 Å². The molecular formula is C15H17NO. The van der Waals surface area contributed by atoms with Crippen LogP contribution in [0.2, 0.25) is 0 Å². The number of rotatable bonds is 3. The summed E-state index contributed by atoms with van der Waals surface area (Å²) < 4.78 is 5.60. The Morgan fingerprint density at radius 2 is 1.65 bits per heavy atom. The number of benzene rings is 2. The zero-order chi connectivity index (χ0) is 12.3. The molecule has 17 heavy (non-hydrogen) atoms. The van der Waals surface area contributed by atoms with Gasteiger partial charge < -0.3 is 10.5 Å². The Kier molecular flexibility index (Phi) is 3.33. The summed E-state index contributed by atoms with van der Waals surface area (Å²) in [6.45, 7) is 4.04. The Labute approximate surface area is 102 Å². The van der Waals surface area contributed by atoms with Crippen LogP contribution in [0.15, 0.2) is 48.5 Å². The molecule has 0 unspecified atom stereocenters. The van der Waals surface area contributed by atoms with E-state index in [0.29, 0.717) is 0 Å². The minimum atomic E-state index is 0.202. The van der Waals surface area contributed by atoms with Crippen LogP contribution in [0.25, 0.3) is 11.1 Å². The summed E-state index contributed by atoms with van der Waals surface area (Å²) in [5.74, 6) is 0.896. The van der Waals surface area contributed by atoms with Crippen molar-refractivity contribution in [3.63, 3.8) is 0 Å². The first-order chi connectivity index (χ1) is 8.15. The maximum atomic E-state index is 5.77. The molecule has 0 heterocycles. The molecule has 2 heteroatoms.